The van der Waals surface area contributed by atoms with Crippen LogP contribution in [0.15, 0.2) is 29.4 Å². The maximum Gasteiger partial charge on any atom is 0.294 e. The fraction of sp³-hybridized carbons (Fsp3) is 0.357. The topological polar surface area (TPSA) is 62.7 Å². The molecule has 0 N–H and O–H groups in total. The number of hydrogen-bond donors (Lipinski definition) is 0. The Morgan fingerprint density at radius 1 is 1.24 bits per heavy atom. The lowest BCUT2D eigenvalue weighted by Gasteiger charge is -2.29. The quantitative estimate of drug-likeness (QED) is 0.787. The minimum atomic E-state index is -0.228. The van der Waals surface area contributed by atoms with E-state index in [1.165, 1.54) is 4.90 Å². The van der Waals surface area contributed by atoms with E-state index in [-0.39, 0.29) is 11.1 Å². The summed E-state index contributed by atoms with van der Waals surface area (Å²) in [6, 6.07) is 3.60. The molecule has 7 heteroatoms. The number of aromatic nitrogens is 1. The Hall–Kier alpha value is -1.70. The third kappa shape index (κ3) is 3.31. The number of carbonyl (C=O) groups excluding carboxylic acids is 2. The van der Waals surface area contributed by atoms with Crippen LogP contribution in [0.3, 0.4) is 0 Å². The van der Waals surface area contributed by atoms with Crippen molar-refractivity contribution >= 4 is 29.0 Å². The maximum absolute atomic E-state index is 12.3. The zero-order valence-corrected chi connectivity index (χ0v) is 12.2. The van der Waals surface area contributed by atoms with Crippen LogP contribution in [0.25, 0.3) is 6.08 Å². The predicted octanol–water partition coefficient (Wildman–Crippen LogP) is 1.41. The molecule has 2 aliphatic rings. The van der Waals surface area contributed by atoms with E-state index in [0.717, 1.165) is 30.4 Å². The van der Waals surface area contributed by atoms with Crippen molar-refractivity contribution in [1.82, 2.24) is 14.8 Å². The molecule has 2 amide bonds. The van der Waals surface area contributed by atoms with Crippen molar-refractivity contribution < 1.29 is 14.3 Å². The minimum Gasteiger partial charge on any atom is -0.379 e. The second-order valence-corrected chi connectivity index (χ2v) is 5.76. The third-order valence-electron chi connectivity index (χ3n) is 3.32. The summed E-state index contributed by atoms with van der Waals surface area (Å²) in [6.07, 6.45) is 5.04. The highest BCUT2D eigenvalue weighted by Crippen LogP contribution is 2.32. The summed E-state index contributed by atoms with van der Waals surface area (Å²) in [6.45, 7) is 3.10. The molecule has 6 nitrogen and oxygen atoms in total. The predicted molar refractivity (Wildman–Crippen MR) is 79.3 cm³/mol. The summed E-state index contributed by atoms with van der Waals surface area (Å²) in [7, 11) is 0. The Bertz CT molecular complexity index is 570. The standard InChI is InChI=1S/C14H15N3O3S/c18-13-12(9-11-1-3-15-4-2-11)21-14(19)17(13)10-16-5-7-20-8-6-16/h1-4,9H,5-8,10H2/b12-9+. The van der Waals surface area contributed by atoms with Crippen LogP contribution in [0.4, 0.5) is 4.79 Å². The molecule has 0 unspecified atom stereocenters. The van der Waals surface area contributed by atoms with E-state index in [9.17, 15) is 9.59 Å². The maximum atomic E-state index is 12.3. The summed E-state index contributed by atoms with van der Waals surface area (Å²) in [5.74, 6) is -0.228. The lowest BCUT2D eigenvalue weighted by Crippen LogP contribution is -2.45. The summed E-state index contributed by atoms with van der Waals surface area (Å²) >= 11 is 0.985. The van der Waals surface area contributed by atoms with Crippen LogP contribution >= 0.6 is 11.8 Å². The molecule has 1 aromatic rings. The summed E-state index contributed by atoms with van der Waals surface area (Å²) in [5, 5.41) is -0.216. The number of morpholine rings is 1. The van der Waals surface area contributed by atoms with Crippen molar-refractivity contribution in [3.63, 3.8) is 0 Å². The van der Waals surface area contributed by atoms with Crippen LogP contribution in [0, 0.1) is 0 Å². The summed E-state index contributed by atoms with van der Waals surface area (Å²) in [4.78, 5) is 32.1. The van der Waals surface area contributed by atoms with Gasteiger partial charge in [-0.25, -0.2) is 0 Å². The molecule has 0 radical (unpaired) electrons. The zero-order chi connectivity index (χ0) is 14.7. The molecule has 2 saturated heterocycles. The number of amides is 2. The van der Waals surface area contributed by atoms with Crippen LogP contribution in [0.5, 0.6) is 0 Å². The van der Waals surface area contributed by atoms with Gasteiger partial charge in [0, 0.05) is 25.5 Å². The average molecular weight is 305 g/mol. The number of thioether (sulfide) groups is 1. The van der Waals surface area contributed by atoms with Crippen molar-refractivity contribution in [3.8, 4) is 0 Å². The van der Waals surface area contributed by atoms with Gasteiger partial charge < -0.3 is 4.74 Å². The minimum absolute atomic E-state index is 0.216. The van der Waals surface area contributed by atoms with Gasteiger partial charge in [0.1, 0.15) is 0 Å². The van der Waals surface area contributed by atoms with Gasteiger partial charge in [-0.1, -0.05) is 0 Å². The van der Waals surface area contributed by atoms with E-state index < -0.39 is 0 Å². The van der Waals surface area contributed by atoms with E-state index in [1.54, 1.807) is 30.6 Å². The zero-order valence-electron chi connectivity index (χ0n) is 11.4. The highest BCUT2D eigenvalue weighted by atomic mass is 32.2. The second-order valence-electron chi connectivity index (χ2n) is 4.76. The molecule has 3 heterocycles. The normalized spacial score (nSPS) is 22.3. The third-order valence-corrected chi connectivity index (χ3v) is 4.23. The summed E-state index contributed by atoms with van der Waals surface area (Å²) < 4.78 is 5.27. The van der Waals surface area contributed by atoms with Crippen LogP contribution in [-0.2, 0) is 9.53 Å². The highest BCUT2D eigenvalue weighted by Gasteiger charge is 2.36. The van der Waals surface area contributed by atoms with Gasteiger partial charge in [0.25, 0.3) is 11.1 Å². The van der Waals surface area contributed by atoms with E-state index in [2.05, 4.69) is 9.88 Å². The number of nitrogens with zero attached hydrogens (tertiary/aromatic N) is 3. The van der Waals surface area contributed by atoms with Gasteiger partial charge in [0.05, 0.1) is 24.8 Å². The molecule has 0 spiro atoms. The monoisotopic (exact) mass is 305 g/mol. The van der Waals surface area contributed by atoms with Crippen LogP contribution in [0.1, 0.15) is 5.56 Å². The number of pyridine rings is 1. The Morgan fingerprint density at radius 2 is 1.95 bits per heavy atom. The first-order chi connectivity index (χ1) is 10.2. The van der Waals surface area contributed by atoms with Gasteiger partial charge in [0.2, 0.25) is 0 Å². The van der Waals surface area contributed by atoms with Crippen LogP contribution in [-0.4, -0.2) is 58.9 Å². The van der Waals surface area contributed by atoms with Crippen molar-refractivity contribution in [2.45, 2.75) is 0 Å². The molecular formula is C14H15N3O3S. The van der Waals surface area contributed by atoms with E-state index >= 15 is 0 Å². The molecule has 0 saturated carbocycles. The van der Waals surface area contributed by atoms with Crippen molar-refractivity contribution in [1.29, 1.82) is 0 Å². The number of hydrogen-bond acceptors (Lipinski definition) is 6. The number of carbonyl (C=O) groups is 2. The number of imide groups is 1. The van der Waals surface area contributed by atoms with Crippen LogP contribution in [0.2, 0.25) is 0 Å². The molecule has 3 rings (SSSR count). The molecule has 110 valence electrons. The van der Waals surface area contributed by atoms with E-state index in [0.29, 0.717) is 24.8 Å². The van der Waals surface area contributed by atoms with Gasteiger partial charge in [-0.15, -0.1) is 0 Å². The molecule has 0 aliphatic carbocycles. The molecule has 21 heavy (non-hydrogen) atoms. The molecular weight excluding hydrogens is 290 g/mol. The Kier molecular flexibility index (Phi) is 4.33. The van der Waals surface area contributed by atoms with Gasteiger partial charge in [0.15, 0.2) is 0 Å². The lowest BCUT2D eigenvalue weighted by molar-refractivity contribution is -0.125. The van der Waals surface area contributed by atoms with Crippen molar-refractivity contribution in [3.05, 3.63) is 35.0 Å². The van der Waals surface area contributed by atoms with Crippen molar-refractivity contribution in [2.24, 2.45) is 0 Å². The smallest absolute Gasteiger partial charge is 0.294 e. The first-order valence-electron chi connectivity index (χ1n) is 6.69. The van der Waals surface area contributed by atoms with Crippen LogP contribution < -0.4 is 0 Å². The molecule has 0 aromatic carbocycles. The largest absolute Gasteiger partial charge is 0.379 e. The van der Waals surface area contributed by atoms with Gasteiger partial charge >= 0.3 is 0 Å². The highest BCUT2D eigenvalue weighted by molar-refractivity contribution is 8.18. The fourth-order valence-electron chi connectivity index (χ4n) is 2.18. The Balaban J connectivity index is 1.71. The summed E-state index contributed by atoms with van der Waals surface area (Å²) in [5.41, 5.74) is 0.863. The number of rotatable bonds is 3. The first-order valence-corrected chi connectivity index (χ1v) is 7.51. The molecule has 0 bridgehead atoms. The Morgan fingerprint density at radius 3 is 2.67 bits per heavy atom. The van der Waals surface area contributed by atoms with E-state index in [4.69, 9.17) is 4.74 Å². The van der Waals surface area contributed by atoms with Gasteiger partial charge in [-0.3, -0.25) is 24.4 Å². The SMILES string of the molecule is O=C1S/C(=C/c2ccncc2)C(=O)N1CN1CCOCC1. The second kappa shape index (κ2) is 6.38. The average Bonchev–Trinajstić information content (AvgIpc) is 2.77. The Labute approximate surface area is 126 Å². The molecule has 2 aliphatic heterocycles. The molecule has 2 fully saturated rings. The first kappa shape index (κ1) is 14.2. The fourth-order valence-corrected chi connectivity index (χ4v) is 3.01. The van der Waals surface area contributed by atoms with E-state index in [1.807, 2.05) is 0 Å². The van der Waals surface area contributed by atoms with Gasteiger partial charge in [-0.05, 0) is 35.5 Å². The molecule has 0 atom stereocenters. The molecule has 1 aromatic heterocycles. The number of ether oxygens (including phenoxy) is 1. The lowest BCUT2D eigenvalue weighted by atomic mass is 10.2. The van der Waals surface area contributed by atoms with Gasteiger partial charge in [-0.2, -0.15) is 0 Å². The van der Waals surface area contributed by atoms with Crippen molar-refractivity contribution in [2.75, 3.05) is 33.0 Å².